The molecular weight excluding hydrogens is 220 g/mol. The van der Waals surface area contributed by atoms with Gasteiger partial charge in [0.25, 0.3) is 0 Å². The van der Waals surface area contributed by atoms with Gasteiger partial charge in [-0.3, -0.25) is 0 Å². The van der Waals surface area contributed by atoms with Gasteiger partial charge in [0.05, 0.1) is 0 Å². The molecule has 0 aliphatic carbocycles. The van der Waals surface area contributed by atoms with Crippen LogP contribution in [0.1, 0.15) is 57.6 Å². The number of nitrogens with two attached hydrogens (primary N) is 1. The monoisotopic (exact) mass is 246 g/mol. The summed E-state index contributed by atoms with van der Waals surface area (Å²) in [6.45, 7) is 5.55. The van der Waals surface area contributed by atoms with E-state index in [1.807, 2.05) is 0 Å². The Morgan fingerprint density at radius 2 is 2.11 bits per heavy atom. The van der Waals surface area contributed by atoms with Crippen LogP contribution < -0.4 is 10.6 Å². The molecule has 1 aliphatic rings. The lowest BCUT2D eigenvalue weighted by Crippen LogP contribution is -2.40. The summed E-state index contributed by atoms with van der Waals surface area (Å²) in [7, 11) is 0. The maximum Gasteiger partial charge on any atom is 0.0417 e. The summed E-state index contributed by atoms with van der Waals surface area (Å²) in [6, 6.07) is 9.48. The van der Waals surface area contributed by atoms with Crippen LogP contribution in [0.4, 0.5) is 5.69 Å². The van der Waals surface area contributed by atoms with Gasteiger partial charge in [-0.15, -0.1) is 0 Å². The SMILES string of the molecule is CCCC1CCCCN1c1ccccc1[C@H](C)N. The van der Waals surface area contributed by atoms with E-state index in [1.54, 1.807) is 0 Å². The van der Waals surface area contributed by atoms with E-state index in [2.05, 4.69) is 43.0 Å². The Bertz CT molecular complexity index is 371. The van der Waals surface area contributed by atoms with E-state index < -0.39 is 0 Å². The van der Waals surface area contributed by atoms with Gasteiger partial charge >= 0.3 is 0 Å². The van der Waals surface area contributed by atoms with E-state index in [9.17, 15) is 0 Å². The van der Waals surface area contributed by atoms with Crippen molar-refractivity contribution >= 4 is 5.69 Å². The van der Waals surface area contributed by atoms with Crippen LogP contribution in [-0.4, -0.2) is 12.6 Å². The average molecular weight is 246 g/mol. The number of hydrogen-bond acceptors (Lipinski definition) is 2. The summed E-state index contributed by atoms with van der Waals surface area (Å²) in [6.07, 6.45) is 6.59. The molecule has 100 valence electrons. The smallest absolute Gasteiger partial charge is 0.0417 e. The Labute approximate surface area is 111 Å². The molecule has 2 heteroatoms. The highest BCUT2D eigenvalue weighted by Gasteiger charge is 2.23. The topological polar surface area (TPSA) is 29.3 Å². The van der Waals surface area contributed by atoms with Gasteiger partial charge in [0, 0.05) is 24.3 Å². The van der Waals surface area contributed by atoms with Crippen molar-refractivity contribution in [2.75, 3.05) is 11.4 Å². The molecule has 0 radical (unpaired) electrons. The first kappa shape index (κ1) is 13.4. The highest BCUT2D eigenvalue weighted by molar-refractivity contribution is 5.56. The second-order valence-corrected chi connectivity index (χ2v) is 5.48. The minimum absolute atomic E-state index is 0.116. The van der Waals surface area contributed by atoms with Gasteiger partial charge in [-0.05, 0) is 44.2 Å². The van der Waals surface area contributed by atoms with Crippen LogP contribution in [0.3, 0.4) is 0 Å². The fourth-order valence-corrected chi connectivity index (χ4v) is 3.09. The number of hydrogen-bond donors (Lipinski definition) is 1. The number of benzene rings is 1. The molecule has 2 rings (SSSR count). The van der Waals surface area contributed by atoms with Crippen molar-refractivity contribution in [3.05, 3.63) is 29.8 Å². The molecule has 0 aromatic heterocycles. The van der Waals surface area contributed by atoms with E-state index in [4.69, 9.17) is 5.73 Å². The highest BCUT2D eigenvalue weighted by atomic mass is 15.2. The van der Waals surface area contributed by atoms with Crippen molar-refractivity contribution in [1.29, 1.82) is 0 Å². The van der Waals surface area contributed by atoms with Crippen molar-refractivity contribution < 1.29 is 0 Å². The zero-order chi connectivity index (χ0) is 13.0. The quantitative estimate of drug-likeness (QED) is 0.874. The third kappa shape index (κ3) is 2.86. The van der Waals surface area contributed by atoms with E-state index in [0.29, 0.717) is 6.04 Å². The fourth-order valence-electron chi connectivity index (χ4n) is 3.09. The van der Waals surface area contributed by atoms with Gasteiger partial charge in [-0.25, -0.2) is 0 Å². The predicted octanol–water partition coefficient (Wildman–Crippen LogP) is 3.87. The zero-order valence-corrected chi connectivity index (χ0v) is 11.7. The number of rotatable bonds is 4. The van der Waals surface area contributed by atoms with E-state index in [1.165, 1.54) is 49.9 Å². The van der Waals surface area contributed by atoms with Crippen molar-refractivity contribution in [3.8, 4) is 0 Å². The molecule has 18 heavy (non-hydrogen) atoms. The maximum atomic E-state index is 6.11. The van der Waals surface area contributed by atoms with Crippen molar-refractivity contribution in [1.82, 2.24) is 0 Å². The zero-order valence-electron chi connectivity index (χ0n) is 11.7. The average Bonchev–Trinajstić information content (AvgIpc) is 2.40. The minimum atomic E-state index is 0.116. The Hall–Kier alpha value is -1.02. The second-order valence-electron chi connectivity index (χ2n) is 5.48. The largest absolute Gasteiger partial charge is 0.368 e. The van der Waals surface area contributed by atoms with E-state index in [0.717, 1.165) is 0 Å². The first-order valence-electron chi connectivity index (χ1n) is 7.35. The molecule has 1 heterocycles. The molecule has 1 unspecified atom stereocenters. The van der Waals surface area contributed by atoms with Crippen LogP contribution in [0.25, 0.3) is 0 Å². The molecule has 0 bridgehead atoms. The Kier molecular flexibility index (Phi) is 4.65. The number of nitrogens with zero attached hydrogens (tertiary/aromatic N) is 1. The molecule has 0 saturated carbocycles. The van der Waals surface area contributed by atoms with Gasteiger partial charge in [0.1, 0.15) is 0 Å². The molecule has 2 N–H and O–H groups in total. The summed E-state index contributed by atoms with van der Waals surface area (Å²) in [5.74, 6) is 0. The summed E-state index contributed by atoms with van der Waals surface area (Å²) in [5, 5.41) is 0. The number of anilines is 1. The summed E-state index contributed by atoms with van der Waals surface area (Å²) in [5.41, 5.74) is 8.77. The standard InChI is InChI=1S/C16H26N2/c1-3-8-14-9-6-7-12-18(14)16-11-5-4-10-15(16)13(2)17/h4-5,10-11,13-14H,3,6-9,12,17H2,1-2H3/t13-,14?/m0/s1. The molecule has 1 aromatic carbocycles. The lowest BCUT2D eigenvalue weighted by molar-refractivity contribution is 0.433. The van der Waals surface area contributed by atoms with Gasteiger partial charge in [-0.2, -0.15) is 0 Å². The number of piperidine rings is 1. The molecule has 1 aliphatic heterocycles. The van der Waals surface area contributed by atoms with Crippen LogP contribution in [0.5, 0.6) is 0 Å². The van der Waals surface area contributed by atoms with Crippen LogP contribution in [-0.2, 0) is 0 Å². The van der Waals surface area contributed by atoms with Crippen molar-refractivity contribution in [2.24, 2.45) is 5.73 Å². The lowest BCUT2D eigenvalue weighted by Gasteiger charge is -2.39. The van der Waals surface area contributed by atoms with Gasteiger partial charge in [0.2, 0.25) is 0 Å². The third-order valence-corrected chi connectivity index (χ3v) is 3.99. The predicted molar refractivity (Wildman–Crippen MR) is 78.9 cm³/mol. The summed E-state index contributed by atoms with van der Waals surface area (Å²) in [4.78, 5) is 2.60. The molecule has 1 aromatic rings. The van der Waals surface area contributed by atoms with E-state index >= 15 is 0 Å². The Morgan fingerprint density at radius 1 is 1.33 bits per heavy atom. The normalized spacial score (nSPS) is 21.9. The molecule has 2 nitrogen and oxygen atoms in total. The molecule has 2 atom stereocenters. The Balaban J connectivity index is 2.27. The molecule has 0 spiro atoms. The number of para-hydroxylation sites is 1. The van der Waals surface area contributed by atoms with Crippen LogP contribution in [0.15, 0.2) is 24.3 Å². The third-order valence-electron chi connectivity index (χ3n) is 3.99. The first-order valence-corrected chi connectivity index (χ1v) is 7.35. The molecule has 1 saturated heterocycles. The Morgan fingerprint density at radius 3 is 2.83 bits per heavy atom. The maximum absolute atomic E-state index is 6.11. The lowest BCUT2D eigenvalue weighted by atomic mass is 9.95. The molecule has 1 fully saturated rings. The van der Waals surface area contributed by atoms with Crippen LogP contribution in [0, 0.1) is 0 Å². The van der Waals surface area contributed by atoms with Crippen LogP contribution in [0.2, 0.25) is 0 Å². The van der Waals surface area contributed by atoms with Gasteiger partial charge in [0.15, 0.2) is 0 Å². The summed E-state index contributed by atoms with van der Waals surface area (Å²) >= 11 is 0. The highest BCUT2D eigenvalue weighted by Crippen LogP contribution is 2.32. The minimum Gasteiger partial charge on any atom is -0.368 e. The first-order chi connectivity index (χ1) is 8.74. The second kappa shape index (κ2) is 6.24. The van der Waals surface area contributed by atoms with Crippen molar-refractivity contribution in [3.63, 3.8) is 0 Å². The van der Waals surface area contributed by atoms with Gasteiger partial charge < -0.3 is 10.6 Å². The molecular formula is C16H26N2. The van der Waals surface area contributed by atoms with Gasteiger partial charge in [-0.1, -0.05) is 31.5 Å². The summed E-state index contributed by atoms with van der Waals surface area (Å²) < 4.78 is 0. The van der Waals surface area contributed by atoms with Crippen molar-refractivity contribution in [2.45, 2.75) is 58.0 Å². The fraction of sp³-hybridized carbons (Fsp3) is 0.625. The van der Waals surface area contributed by atoms with E-state index in [-0.39, 0.29) is 6.04 Å². The van der Waals surface area contributed by atoms with Crippen LogP contribution >= 0.6 is 0 Å². The molecule has 0 amide bonds.